The van der Waals surface area contributed by atoms with Crippen molar-refractivity contribution in [2.75, 3.05) is 5.73 Å². The maximum atomic E-state index is 13.5. The quantitative estimate of drug-likeness (QED) is 0.764. The number of hydrogen-bond donors (Lipinski definition) is 2. The lowest BCUT2D eigenvalue weighted by atomic mass is 9.97. The minimum Gasteiger partial charge on any atom is -0.399 e. The summed E-state index contributed by atoms with van der Waals surface area (Å²) in [5.41, 5.74) is 2.85. The van der Waals surface area contributed by atoms with Crippen LogP contribution in [0, 0.1) is 0 Å². The maximum absolute atomic E-state index is 13.5. The second-order valence-electron chi connectivity index (χ2n) is 3.61. The van der Waals surface area contributed by atoms with Gasteiger partial charge in [-0.2, -0.15) is 8.78 Å². The van der Waals surface area contributed by atoms with Gasteiger partial charge in [0.25, 0.3) is 0 Å². The van der Waals surface area contributed by atoms with Gasteiger partial charge < -0.3 is 10.8 Å². The molecular weight excluding hydrogens is 190 g/mol. The molecular formula is C9H12F2N2O. The van der Waals surface area contributed by atoms with Crippen LogP contribution in [0.1, 0.15) is 19.5 Å². The van der Waals surface area contributed by atoms with Gasteiger partial charge in [0.2, 0.25) is 0 Å². The van der Waals surface area contributed by atoms with Gasteiger partial charge >= 0.3 is 5.92 Å². The van der Waals surface area contributed by atoms with Crippen molar-refractivity contribution >= 4 is 5.69 Å². The Hall–Kier alpha value is -1.23. The minimum atomic E-state index is -3.41. The first kappa shape index (κ1) is 10.8. The van der Waals surface area contributed by atoms with Crippen molar-refractivity contribution in [3.05, 3.63) is 24.0 Å². The first-order chi connectivity index (χ1) is 6.25. The molecule has 0 aromatic carbocycles. The first-order valence-electron chi connectivity index (χ1n) is 4.07. The van der Waals surface area contributed by atoms with Crippen molar-refractivity contribution in [2.45, 2.75) is 25.4 Å². The summed E-state index contributed by atoms with van der Waals surface area (Å²) < 4.78 is 26.9. The summed E-state index contributed by atoms with van der Waals surface area (Å²) in [5.74, 6) is -3.41. The third-order valence-electron chi connectivity index (χ3n) is 1.87. The number of anilines is 1. The molecule has 0 radical (unpaired) electrons. The fourth-order valence-corrected chi connectivity index (χ4v) is 0.932. The zero-order chi connectivity index (χ0) is 11.0. The van der Waals surface area contributed by atoms with Gasteiger partial charge in [-0.3, -0.25) is 4.98 Å². The molecule has 0 aliphatic rings. The lowest BCUT2D eigenvalue weighted by molar-refractivity contribution is -0.171. The van der Waals surface area contributed by atoms with Gasteiger partial charge in [-0.1, -0.05) is 0 Å². The van der Waals surface area contributed by atoms with E-state index >= 15 is 0 Å². The maximum Gasteiger partial charge on any atom is 0.317 e. The van der Waals surface area contributed by atoms with E-state index in [1.165, 1.54) is 12.3 Å². The van der Waals surface area contributed by atoms with E-state index in [0.717, 1.165) is 19.9 Å². The molecule has 0 spiro atoms. The topological polar surface area (TPSA) is 59.1 Å². The van der Waals surface area contributed by atoms with Crippen LogP contribution in [0.4, 0.5) is 14.5 Å². The van der Waals surface area contributed by atoms with Gasteiger partial charge in [-0.05, 0) is 26.0 Å². The number of aliphatic hydroxyl groups is 1. The molecule has 0 unspecified atom stereocenters. The SMILES string of the molecule is CC(C)(O)C(F)(F)c1cc(N)ccn1. The number of aromatic nitrogens is 1. The molecule has 1 aromatic rings. The average Bonchev–Trinajstić information content (AvgIpc) is 2.02. The van der Waals surface area contributed by atoms with E-state index in [1.807, 2.05) is 0 Å². The summed E-state index contributed by atoms with van der Waals surface area (Å²) in [5, 5.41) is 9.26. The highest BCUT2D eigenvalue weighted by Gasteiger charge is 2.48. The van der Waals surface area contributed by atoms with Crippen molar-refractivity contribution in [1.82, 2.24) is 4.98 Å². The van der Waals surface area contributed by atoms with Gasteiger partial charge in [0.1, 0.15) is 11.3 Å². The van der Waals surface area contributed by atoms with Crippen molar-refractivity contribution in [3.63, 3.8) is 0 Å². The predicted octanol–water partition coefficient (Wildman–Crippen LogP) is 1.53. The van der Waals surface area contributed by atoms with Crippen LogP contribution in [0.2, 0.25) is 0 Å². The summed E-state index contributed by atoms with van der Waals surface area (Å²) >= 11 is 0. The number of halogens is 2. The van der Waals surface area contributed by atoms with E-state index in [-0.39, 0.29) is 5.69 Å². The monoisotopic (exact) mass is 202 g/mol. The molecule has 5 heteroatoms. The Bertz CT molecular complexity index is 334. The highest BCUT2D eigenvalue weighted by atomic mass is 19.3. The summed E-state index contributed by atoms with van der Waals surface area (Å²) in [6.07, 6.45) is 1.18. The number of nitrogens with zero attached hydrogens (tertiary/aromatic N) is 1. The molecule has 0 saturated heterocycles. The Morgan fingerprint density at radius 1 is 1.43 bits per heavy atom. The molecule has 0 saturated carbocycles. The highest BCUT2D eigenvalue weighted by molar-refractivity contribution is 5.38. The van der Waals surface area contributed by atoms with Crippen LogP contribution in [0.25, 0.3) is 0 Å². The minimum absolute atomic E-state index is 0.193. The standard InChI is InChI=1S/C9H12F2N2O/c1-8(2,14)9(10,11)7-5-6(12)3-4-13-7/h3-5,14H,1-2H3,(H2,12,13). The van der Waals surface area contributed by atoms with E-state index in [2.05, 4.69) is 4.98 Å². The molecule has 3 N–H and O–H groups in total. The van der Waals surface area contributed by atoms with Crippen molar-refractivity contribution in [3.8, 4) is 0 Å². The van der Waals surface area contributed by atoms with E-state index in [1.54, 1.807) is 0 Å². The zero-order valence-corrected chi connectivity index (χ0v) is 7.96. The van der Waals surface area contributed by atoms with Gasteiger partial charge in [-0.25, -0.2) is 0 Å². The molecule has 1 rings (SSSR count). The van der Waals surface area contributed by atoms with E-state index in [4.69, 9.17) is 5.73 Å². The molecule has 0 bridgehead atoms. The van der Waals surface area contributed by atoms with E-state index in [9.17, 15) is 13.9 Å². The van der Waals surface area contributed by atoms with Crippen LogP contribution in [0.5, 0.6) is 0 Å². The second kappa shape index (κ2) is 3.16. The van der Waals surface area contributed by atoms with Crippen LogP contribution >= 0.6 is 0 Å². The van der Waals surface area contributed by atoms with Crippen LogP contribution in [0.3, 0.4) is 0 Å². The molecule has 0 atom stereocenters. The van der Waals surface area contributed by atoms with Crippen molar-refractivity contribution in [1.29, 1.82) is 0 Å². The lowest BCUT2D eigenvalue weighted by Crippen LogP contribution is -2.40. The lowest BCUT2D eigenvalue weighted by Gasteiger charge is -2.28. The molecule has 0 fully saturated rings. The van der Waals surface area contributed by atoms with Crippen molar-refractivity contribution in [2.24, 2.45) is 0 Å². The van der Waals surface area contributed by atoms with E-state index in [0.29, 0.717) is 0 Å². The number of nitrogen functional groups attached to an aromatic ring is 1. The summed E-state index contributed by atoms with van der Waals surface area (Å²) in [7, 11) is 0. The Morgan fingerprint density at radius 2 is 2.00 bits per heavy atom. The normalized spacial score (nSPS) is 12.9. The number of nitrogens with two attached hydrogens (primary N) is 1. The smallest absolute Gasteiger partial charge is 0.317 e. The molecule has 0 amide bonds. The third-order valence-corrected chi connectivity index (χ3v) is 1.87. The van der Waals surface area contributed by atoms with Crippen LogP contribution in [0.15, 0.2) is 18.3 Å². The first-order valence-corrected chi connectivity index (χ1v) is 4.07. The number of alkyl halides is 2. The highest BCUT2D eigenvalue weighted by Crippen LogP contribution is 2.37. The Balaban J connectivity index is 3.16. The van der Waals surface area contributed by atoms with Crippen LogP contribution < -0.4 is 5.73 Å². The largest absolute Gasteiger partial charge is 0.399 e. The second-order valence-corrected chi connectivity index (χ2v) is 3.61. The number of pyridine rings is 1. The Labute approximate surface area is 80.6 Å². The van der Waals surface area contributed by atoms with Crippen LogP contribution in [-0.2, 0) is 5.92 Å². The van der Waals surface area contributed by atoms with E-state index < -0.39 is 17.2 Å². The van der Waals surface area contributed by atoms with Gasteiger partial charge in [0.15, 0.2) is 0 Å². The molecule has 78 valence electrons. The molecule has 14 heavy (non-hydrogen) atoms. The average molecular weight is 202 g/mol. The summed E-state index contributed by atoms with van der Waals surface area (Å²) in [6.45, 7) is 2.05. The zero-order valence-electron chi connectivity index (χ0n) is 7.96. The molecule has 1 aromatic heterocycles. The fourth-order valence-electron chi connectivity index (χ4n) is 0.932. The predicted molar refractivity (Wildman–Crippen MR) is 48.8 cm³/mol. The van der Waals surface area contributed by atoms with Gasteiger partial charge in [-0.15, -0.1) is 0 Å². The number of hydrogen-bond acceptors (Lipinski definition) is 3. The molecule has 0 aliphatic heterocycles. The van der Waals surface area contributed by atoms with Gasteiger partial charge in [0.05, 0.1) is 0 Å². The van der Waals surface area contributed by atoms with Gasteiger partial charge in [0, 0.05) is 11.9 Å². The summed E-state index contributed by atoms with van der Waals surface area (Å²) in [4.78, 5) is 3.49. The third kappa shape index (κ3) is 1.82. The molecule has 3 nitrogen and oxygen atoms in total. The summed E-state index contributed by atoms with van der Waals surface area (Å²) in [6, 6.07) is 2.46. The Kier molecular flexibility index (Phi) is 2.45. The molecule has 0 aliphatic carbocycles. The molecule has 1 heterocycles. The number of rotatable bonds is 2. The Morgan fingerprint density at radius 3 is 2.43 bits per heavy atom. The fraction of sp³-hybridized carbons (Fsp3) is 0.444. The van der Waals surface area contributed by atoms with Crippen LogP contribution in [-0.4, -0.2) is 15.7 Å². The van der Waals surface area contributed by atoms with Crippen molar-refractivity contribution < 1.29 is 13.9 Å².